The van der Waals surface area contributed by atoms with E-state index in [0.717, 1.165) is 15.8 Å². The van der Waals surface area contributed by atoms with E-state index in [0.29, 0.717) is 0 Å². The van der Waals surface area contributed by atoms with Gasteiger partial charge in [-0.2, -0.15) is 0 Å². The molecule has 0 bridgehead atoms. The van der Waals surface area contributed by atoms with Gasteiger partial charge >= 0.3 is 0 Å². The van der Waals surface area contributed by atoms with Crippen LogP contribution < -0.4 is 5.73 Å². The molecule has 2 heteroatoms. The number of nitrogens with two attached hydrogens (primary N) is 1. The van der Waals surface area contributed by atoms with Crippen LogP contribution in [-0.4, -0.2) is 0 Å². The molecule has 0 aromatic heterocycles. The SMILES string of the molecule is C=C(Br)/C=C\C(N)=C(C)C. The molecule has 56 valence electrons. The largest absolute Gasteiger partial charge is 0.399 e. The van der Waals surface area contributed by atoms with E-state index < -0.39 is 0 Å². The Hall–Kier alpha value is -0.500. The predicted molar refractivity (Wildman–Crippen MR) is 49.8 cm³/mol. The summed E-state index contributed by atoms with van der Waals surface area (Å²) in [5, 5.41) is 0. The normalized spacial score (nSPS) is 9.90. The summed E-state index contributed by atoms with van der Waals surface area (Å²) in [7, 11) is 0. The molecule has 0 saturated heterocycles. The molecule has 0 aromatic rings. The summed E-state index contributed by atoms with van der Waals surface area (Å²) >= 11 is 3.19. The van der Waals surface area contributed by atoms with Crippen molar-refractivity contribution in [1.29, 1.82) is 0 Å². The maximum absolute atomic E-state index is 5.60. The van der Waals surface area contributed by atoms with Crippen LogP contribution in [-0.2, 0) is 0 Å². The maximum atomic E-state index is 5.60. The quantitative estimate of drug-likeness (QED) is 0.684. The van der Waals surface area contributed by atoms with Crippen LogP contribution in [0.3, 0.4) is 0 Å². The van der Waals surface area contributed by atoms with Crippen molar-refractivity contribution < 1.29 is 0 Å². The van der Waals surface area contributed by atoms with Crippen molar-refractivity contribution >= 4 is 15.9 Å². The van der Waals surface area contributed by atoms with E-state index in [2.05, 4.69) is 22.5 Å². The van der Waals surface area contributed by atoms with Crippen LogP contribution in [0.25, 0.3) is 0 Å². The van der Waals surface area contributed by atoms with E-state index in [9.17, 15) is 0 Å². The molecule has 0 spiro atoms. The van der Waals surface area contributed by atoms with Crippen molar-refractivity contribution in [3.63, 3.8) is 0 Å². The zero-order chi connectivity index (χ0) is 8.15. The molecule has 2 N–H and O–H groups in total. The van der Waals surface area contributed by atoms with Gasteiger partial charge in [0.2, 0.25) is 0 Å². The predicted octanol–water partition coefficient (Wildman–Crippen LogP) is 2.70. The molecule has 0 radical (unpaired) electrons. The Kier molecular flexibility index (Phi) is 4.12. The highest BCUT2D eigenvalue weighted by Crippen LogP contribution is 2.04. The van der Waals surface area contributed by atoms with Crippen LogP contribution in [0.1, 0.15) is 13.8 Å². The Balaban J connectivity index is 4.16. The molecule has 0 amide bonds. The molecule has 0 aliphatic carbocycles. The summed E-state index contributed by atoms with van der Waals surface area (Å²) in [5.41, 5.74) is 7.50. The number of halogens is 1. The Morgan fingerprint density at radius 1 is 1.40 bits per heavy atom. The Bertz CT molecular complexity index is 185. The van der Waals surface area contributed by atoms with Gasteiger partial charge in [-0.15, -0.1) is 0 Å². The second kappa shape index (κ2) is 4.34. The number of hydrogen-bond acceptors (Lipinski definition) is 1. The van der Waals surface area contributed by atoms with Crippen LogP contribution in [0.5, 0.6) is 0 Å². The maximum Gasteiger partial charge on any atom is 0.0300 e. The lowest BCUT2D eigenvalue weighted by molar-refractivity contribution is 1.25. The van der Waals surface area contributed by atoms with E-state index in [1.165, 1.54) is 0 Å². The minimum absolute atomic E-state index is 0.792. The minimum Gasteiger partial charge on any atom is -0.399 e. The fourth-order valence-corrected chi connectivity index (χ4v) is 0.479. The van der Waals surface area contributed by atoms with Gasteiger partial charge in [-0.25, -0.2) is 0 Å². The lowest BCUT2D eigenvalue weighted by Crippen LogP contribution is -1.94. The van der Waals surface area contributed by atoms with Crippen molar-refractivity contribution in [2.45, 2.75) is 13.8 Å². The third-order valence-corrected chi connectivity index (χ3v) is 1.29. The van der Waals surface area contributed by atoms with Gasteiger partial charge in [0.25, 0.3) is 0 Å². The highest BCUT2D eigenvalue weighted by Gasteiger charge is 1.84. The standard InChI is InChI=1S/C8H12BrN/c1-6(2)8(10)5-4-7(3)9/h4-5H,3,10H2,1-2H3/b5-4-. The molecule has 0 fully saturated rings. The number of rotatable bonds is 2. The molecule has 0 saturated carbocycles. The molecular weight excluding hydrogens is 190 g/mol. The second-order valence-corrected chi connectivity index (χ2v) is 3.25. The summed E-state index contributed by atoms with van der Waals surface area (Å²) in [6.07, 6.45) is 3.65. The van der Waals surface area contributed by atoms with Crippen LogP contribution >= 0.6 is 15.9 Å². The van der Waals surface area contributed by atoms with Gasteiger partial charge in [0.1, 0.15) is 0 Å². The zero-order valence-corrected chi connectivity index (χ0v) is 7.90. The molecule has 0 rings (SSSR count). The summed E-state index contributed by atoms with van der Waals surface area (Å²) in [6, 6.07) is 0. The van der Waals surface area contributed by atoms with Gasteiger partial charge in [0.05, 0.1) is 0 Å². The molecule has 0 aliphatic rings. The third kappa shape index (κ3) is 4.39. The van der Waals surface area contributed by atoms with Crippen LogP contribution in [0.4, 0.5) is 0 Å². The smallest absolute Gasteiger partial charge is 0.0300 e. The molecular formula is C8H12BrN. The Labute approximate surface area is 70.4 Å². The number of allylic oxidation sites excluding steroid dienone is 4. The number of hydrogen-bond donors (Lipinski definition) is 1. The summed E-state index contributed by atoms with van der Waals surface area (Å²) in [6.45, 7) is 7.58. The van der Waals surface area contributed by atoms with Gasteiger partial charge in [0.15, 0.2) is 0 Å². The zero-order valence-electron chi connectivity index (χ0n) is 6.32. The molecule has 1 nitrogen and oxygen atoms in total. The topological polar surface area (TPSA) is 26.0 Å². The van der Waals surface area contributed by atoms with Crippen molar-refractivity contribution in [2.75, 3.05) is 0 Å². The van der Waals surface area contributed by atoms with Gasteiger partial charge in [0, 0.05) is 10.2 Å². The third-order valence-electron chi connectivity index (χ3n) is 1.02. The molecule has 0 atom stereocenters. The average molecular weight is 202 g/mol. The lowest BCUT2D eigenvalue weighted by atomic mass is 10.2. The van der Waals surface area contributed by atoms with E-state index >= 15 is 0 Å². The second-order valence-electron chi connectivity index (χ2n) is 2.24. The fourth-order valence-electron chi connectivity index (χ4n) is 0.347. The summed E-state index contributed by atoms with van der Waals surface area (Å²) in [5.74, 6) is 0. The van der Waals surface area contributed by atoms with E-state index in [1.54, 1.807) is 0 Å². The highest BCUT2D eigenvalue weighted by molar-refractivity contribution is 9.11. The summed E-state index contributed by atoms with van der Waals surface area (Å²) in [4.78, 5) is 0. The van der Waals surface area contributed by atoms with Crippen molar-refractivity contribution in [3.05, 3.63) is 34.5 Å². The lowest BCUT2D eigenvalue weighted by Gasteiger charge is -1.94. The molecule has 0 aromatic carbocycles. The van der Waals surface area contributed by atoms with E-state index in [4.69, 9.17) is 5.73 Å². The fraction of sp³-hybridized carbons (Fsp3) is 0.250. The average Bonchev–Trinajstić information content (AvgIpc) is 1.82. The highest BCUT2D eigenvalue weighted by atomic mass is 79.9. The van der Waals surface area contributed by atoms with Gasteiger partial charge in [-0.3, -0.25) is 0 Å². The first-order valence-corrected chi connectivity index (χ1v) is 3.78. The first kappa shape index (κ1) is 9.50. The molecule has 0 aliphatic heterocycles. The minimum atomic E-state index is 0.792. The van der Waals surface area contributed by atoms with Crippen molar-refractivity contribution in [1.82, 2.24) is 0 Å². The molecule has 0 unspecified atom stereocenters. The first-order chi connectivity index (χ1) is 4.54. The van der Waals surface area contributed by atoms with Crippen LogP contribution in [0.15, 0.2) is 34.5 Å². The Morgan fingerprint density at radius 3 is 2.20 bits per heavy atom. The van der Waals surface area contributed by atoms with Crippen molar-refractivity contribution in [2.24, 2.45) is 5.73 Å². The van der Waals surface area contributed by atoms with E-state index in [1.807, 2.05) is 26.0 Å². The van der Waals surface area contributed by atoms with Crippen LogP contribution in [0, 0.1) is 0 Å². The molecule has 10 heavy (non-hydrogen) atoms. The van der Waals surface area contributed by atoms with Gasteiger partial charge in [-0.05, 0) is 26.0 Å². The molecule has 0 heterocycles. The Morgan fingerprint density at radius 2 is 1.90 bits per heavy atom. The van der Waals surface area contributed by atoms with Gasteiger partial charge in [-0.1, -0.05) is 28.1 Å². The van der Waals surface area contributed by atoms with Crippen molar-refractivity contribution in [3.8, 4) is 0 Å². The van der Waals surface area contributed by atoms with Crippen LogP contribution in [0.2, 0.25) is 0 Å². The van der Waals surface area contributed by atoms with Gasteiger partial charge < -0.3 is 5.73 Å². The van der Waals surface area contributed by atoms with E-state index in [-0.39, 0.29) is 0 Å². The monoisotopic (exact) mass is 201 g/mol. The summed E-state index contributed by atoms with van der Waals surface area (Å²) < 4.78 is 0.830. The first-order valence-electron chi connectivity index (χ1n) is 2.99.